The number of hydrogen-bond acceptors (Lipinski definition) is 2. The number of nitrogens with zero attached hydrogens (tertiary/aromatic N) is 1. The van der Waals surface area contributed by atoms with E-state index in [4.69, 9.17) is 0 Å². The average molecular weight is 177 g/mol. The summed E-state index contributed by atoms with van der Waals surface area (Å²) in [5.41, 5.74) is 1.15. The van der Waals surface area contributed by atoms with Crippen LogP contribution in [0.4, 0.5) is 0 Å². The van der Waals surface area contributed by atoms with Crippen LogP contribution in [0.25, 0.3) is 0 Å². The van der Waals surface area contributed by atoms with Crippen LogP contribution in [-0.2, 0) is 0 Å². The summed E-state index contributed by atoms with van der Waals surface area (Å²) >= 11 is 1.81. The van der Waals surface area contributed by atoms with Gasteiger partial charge in [0, 0.05) is 11.4 Å². The maximum Gasteiger partial charge on any atom is 0.0743 e. The van der Waals surface area contributed by atoms with Crippen molar-refractivity contribution >= 4 is 17.0 Å². The Balaban J connectivity index is 2.30. The third-order valence-corrected chi connectivity index (χ3v) is 2.87. The minimum atomic E-state index is 0.947. The van der Waals surface area contributed by atoms with E-state index >= 15 is 0 Å². The van der Waals surface area contributed by atoms with Crippen LogP contribution in [0.5, 0.6) is 0 Å². The Morgan fingerprint density at radius 2 is 2.33 bits per heavy atom. The summed E-state index contributed by atoms with van der Waals surface area (Å²) in [5, 5.41) is 0. The fraction of sp³-hybridized carbons (Fsp3) is 0.300. The number of aryl methyl sites for hydroxylation is 1. The van der Waals surface area contributed by atoms with Crippen molar-refractivity contribution in [3.8, 4) is 0 Å². The van der Waals surface area contributed by atoms with Gasteiger partial charge in [0.1, 0.15) is 0 Å². The molecule has 0 fully saturated rings. The molecule has 2 heterocycles. The van der Waals surface area contributed by atoms with Crippen LogP contribution < -0.4 is 0 Å². The summed E-state index contributed by atoms with van der Waals surface area (Å²) in [7, 11) is 0. The predicted molar refractivity (Wildman–Crippen MR) is 54.2 cm³/mol. The second-order valence-corrected chi connectivity index (χ2v) is 4.16. The van der Waals surface area contributed by atoms with Crippen molar-refractivity contribution in [2.24, 2.45) is 4.99 Å². The van der Waals surface area contributed by atoms with Gasteiger partial charge in [-0.3, -0.25) is 4.99 Å². The largest absolute Gasteiger partial charge is 0.284 e. The third kappa shape index (κ3) is 1.48. The molecule has 2 heteroatoms. The molecule has 0 aliphatic carbocycles. The average Bonchev–Trinajstić information content (AvgIpc) is 2.54. The van der Waals surface area contributed by atoms with E-state index in [0.717, 1.165) is 18.7 Å². The number of hydrogen-bond donors (Lipinski definition) is 0. The Kier molecular flexibility index (Phi) is 2.09. The van der Waals surface area contributed by atoms with E-state index < -0.39 is 0 Å². The lowest BCUT2D eigenvalue weighted by atomic mass is 10.2. The molecule has 0 saturated carbocycles. The van der Waals surface area contributed by atoms with Crippen LogP contribution in [0.3, 0.4) is 0 Å². The highest BCUT2D eigenvalue weighted by atomic mass is 32.1. The Morgan fingerprint density at radius 3 is 2.92 bits per heavy atom. The van der Waals surface area contributed by atoms with E-state index in [9.17, 15) is 0 Å². The molecule has 62 valence electrons. The fourth-order valence-corrected chi connectivity index (χ4v) is 2.10. The molecule has 0 unspecified atom stereocenters. The highest BCUT2D eigenvalue weighted by Gasteiger charge is 2.03. The van der Waals surface area contributed by atoms with Crippen molar-refractivity contribution in [2.45, 2.75) is 13.3 Å². The first kappa shape index (κ1) is 7.74. The predicted octanol–water partition coefficient (Wildman–Crippen LogP) is 2.81. The van der Waals surface area contributed by atoms with Crippen molar-refractivity contribution < 1.29 is 0 Å². The van der Waals surface area contributed by atoms with E-state index in [-0.39, 0.29) is 0 Å². The standard InChI is InChI=1S/C10H11NS/c1-8-5-6-10(12-8)9-4-2-3-7-11-9/h2,4-6H,3,7H2,1H3. The van der Waals surface area contributed by atoms with Gasteiger partial charge in [-0.25, -0.2) is 0 Å². The van der Waals surface area contributed by atoms with Gasteiger partial charge in [0.15, 0.2) is 0 Å². The van der Waals surface area contributed by atoms with Crippen molar-refractivity contribution in [2.75, 3.05) is 6.54 Å². The van der Waals surface area contributed by atoms with E-state index in [1.54, 1.807) is 0 Å². The van der Waals surface area contributed by atoms with E-state index in [0.29, 0.717) is 0 Å². The van der Waals surface area contributed by atoms with E-state index in [1.807, 2.05) is 11.3 Å². The van der Waals surface area contributed by atoms with Crippen molar-refractivity contribution in [1.82, 2.24) is 0 Å². The lowest BCUT2D eigenvalue weighted by molar-refractivity contribution is 0.995. The van der Waals surface area contributed by atoms with Gasteiger partial charge in [-0.05, 0) is 31.6 Å². The van der Waals surface area contributed by atoms with Crippen LogP contribution in [0.2, 0.25) is 0 Å². The Labute approximate surface area is 76.5 Å². The molecule has 1 aliphatic rings. The minimum Gasteiger partial charge on any atom is -0.284 e. The number of aliphatic imine (C=N–C) groups is 1. The Morgan fingerprint density at radius 1 is 1.42 bits per heavy atom. The molecule has 1 aliphatic heterocycles. The topological polar surface area (TPSA) is 12.4 Å². The third-order valence-electron chi connectivity index (χ3n) is 1.85. The summed E-state index contributed by atoms with van der Waals surface area (Å²) in [6.45, 7) is 3.07. The van der Waals surface area contributed by atoms with Gasteiger partial charge in [0.05, 0.1) is 10.6 Å². The zero-order chi connectivity index (χ0) is 8.39. The van der Waals surface area contributed by atoms with Crippen molar-refractivity contribution in [1.29, 1.82) is 0 Å². The smallest absolute Gasteiger partial charge is 0.0743 e. The molecule has 1 aromatic rings. The number of thiophene rings is 1. The summed E-state index contributed by atoms with van der Waals surface area (Å²) in [6.07, 6.45) is 5.40. The second-order valence-electron chi connectivity index (χ2n) is 2.87. The quantitative estimate of drug-likeness (QED) is 0.625. The van der Waals surface area contributed by atoms with Crippen LogP contribution in [0.1, 0.15) is 16.2 Å². The molecule has 1 aromatic heterocycles. The maximum atomic E-state index is 4.45. The second kappa shape index (κ2) is 3.23. The van der Waals surface area contributed by atoms with Crippen molar-refractivity contribution in [3.05, 3.63) is 34.0 Å². The first-order chi connectivity index (χ1) is 5.86. The van der Waals surface area contributed by atoms with Gasteiger partial charge in [-0.15, -0.1) is 11.3 Å². The summed E-state index contributed by atoms with van der Waals surface area (Å²) in [5.74, 6) is 0. The molecular weight excluding hydrogens is 166 g/mol. The van der Waals surface area contributed by atoms with Gasteiger partial charge in [0.2, 0.25) is 0 Å². The minimum absolute atomic E-state index is 0.947. The van der Waals surface area contributed by atoms with Gasteiger partial charge < -0.3 is 0 Å². The molecule has 0 N–H and O–H groups in total. The summed E-state index contributed by atoms with van der Waals surface area (Å²) in [6, 6.07) is 4.29. The summed E-state index contributed by atoms with van der Waals surface area (Å²) in [4.78, 5) is 7.10. The molecule has 2 rings (SSSR count). The molecule has 0 radical (unpaired) electrons. The van der Waals surface area contributed by atoms with Crippen molar-refractivity contribution in [3.63, 3.8) is 0 Å². The van der Waals surface area contributed by atoms with Gasteiger partial charge in [-0.2, -0.15) is 0 Å². The monoisotopic (exact) mass is 177 g/mol. The first-order valence-corrected chi connectivity index (χ1v) is 4.96. The Hall–Kier alpha value is -0.890. The normalized spacial score (nSPS) is 16.2. The van der Waals surface area contributed by atoms with Crippen LogP contribution in [0.15, 0.2) is 29.3 Å². The number of allylic oxidation sites excluding steroid dienone is 1. The summed E-state index contributed by atoms with van der Waals surface area (Å²) < 4.78 is 0. The maximum absolute atomic E-state index is 4.45. The zero-order valence-electron chi connectivity index (χ0n) is 7.08. The van der Waals surface area contributed by atoms with Crippen LogP contribution >= 0.6 is 11.3 Å². The Bertz CT molecular complexity index is 333. The van der Waals surface area contributed by atoms with Gasteiger partial charge in [-0.1, -0.05) is 6.08 Å². The zero-order valence-corrected chi connectivity index (χ0v) is 7.90. The molecule has 1 nitrogen and oxygen atoms in total. The molecule has 12 heavy (non-hydrogen) atoms. The van der Waals surface area contributed by atoms with E-state index in [2.05, 4.69) is 36.2 Å². The molecule has 0 bridgehead atoms. The molecule has 0 aromatic carbocycles. The lowest BCUT2D eigenvalue weighted by Gasteiger charge is -2.02. The SMILES string of the molecule is Cc1ccc(C2=NCCC=C2)s1. The molecule has 0 spiro atoms. The highest BCUT2D eigenvalue weighted by molar-refractivity contribution is 7.14. The first-order valence-electron chi connectivity index (χ1n) is 4.14. The van der Waals surface area contributed by atoms with Gasteiger partial charge in [0.25, 0.3) is 0 Å². The van der Waals surface area contributed by atoms with E-state index in [1.165, 1.54) is 9.75 Å². The number of rotatable bonds is 1. The lowest BCUT2D eigenvalue weighted by Crippen LogP contribution is -1.99. The van der Waals surface area contributed by atoms with Gasteiger partial charge >= 0.3 is 0 Å². The highest BCUT2D eigenvalue weighted by Crippen LogP contribution is 2.18. The molecular formula is C10H11NS. The molecule has 0 amide bonds. The fourth-order valence-electron chi connectivity index (χ4n) is 1.24. The molecule has 0 saturated heterocycles. The van der Waals surface area contributed by atoms with Crippen LogP contribution in [0, 0.1) is 6.92 Å². The molecule has 0 atom stereocenters. The van der Waals surface area contributed by atoms with Crippen LogP contribution in [-0.4, -0.2) is 12.3 Å². The number of dihydropyridines is 1.